The molecule has 0 aliphatic rings. The van der Waals surface area contributed by atoms with Gasteiger partial charge in [0, 0.05) is 17.6 Å². The highest BCUT2D eigenvalue weighted by Crippen LogP contribution is 2.56. The molecule has 162 valence electrons. The number of amides is 1. The van der Waals surface area contributed by atoms with Crippen molar-refractivity contribution in [2.24, 2.45) is 0 Å². The van der Waals surface area contributed by atoms with Gasteiger partial charge in [-0.25, -0.2) is 0 Å². The molecule has 0 spiro atoms. The number of alkyl halides is 3. The molecule has 2 aromatic carbocycles. The molecule has 0 fully saturated rings. The number of hydrogen-bond acceptors (Lipinski definition) is 5. The zero-order valence-electron chi connectivity index (χ0n) is 16.4. The van der Waals surface area contributed by atoms with Gasteiger partial charge in [-0.15, -0.1) is 0 Å². The van der Waals surface area contributed by atoms with Crippen LogP contribution in [0.1, 0.15) is 19.4 Å². The van der Waals surface area contributed by atoms with Crippen molar-refractivity contribution in [3.05, 3.63) is 71.7 Å². The lowest BCUT2D eigenvalue weighted by Gasteiger charge is -2.20. The molecule has 2 aromatic rings. The van der Waals surface area contributed by atoms with Crippen LogP contribution in [-0.2, 0) is 24.6 Å². The number of rotatable bonds is 9. The van der Waals surface area contributed by atoms with E-state index in [2.05, 4.69) is 10.6 Å². The molecule has 0 aromatic heterocycles. The summed E-state index contributed by atoms with van der Waals surface area (Å²) >= 11 is 0. The first kappa shape index (κ1) is 23.7. The average Bonchev–Trinajstić information content (AvgIpc) is 2.69. The van der Waals surface area contributed by atoms with Crippen molar-refractivity contribution >= 4 is 24.9 Å². The van der Waals surface area contributed by atoms with Gasteiger partial charge >= 0.3 is 13.8 Å². The number of para-hydroxylation sites is 1. The molecule has 0 radical (unpaired) electrons. The van der Waals surface area contributed by atoms with Gasteiger partial charge in [0.2, 0.25) is 0 Å². The second kappa shape index (κ2) is 10.4. The summed E-state index contributed by atoms with van der Waals surface area (Å²) in [5, 5.41) is 4.80. The zero-order chi connectivity index (χ0) is 22.2. The second-order valence-electron chi connectivity index (χ2n) is 5.91. The highest BCUT2D eigenvalue weighted by atomic mass is 31.2. The molecule has 0 aliphatic carbocycles. The third-order valence-corrected chi connectivity index (χ3v) is 5.84. The minimum absolute atomic E-state index is 0.00318. The molecule has 30 heavy (non-hydrogen) atoms. The average molecular weight is 442 g/mol. The van der Waals surface area contributed by atoms with Gasteiger partial charge in [0.25, 0.3) is 5.91 Å². The summed E-state index contributed by atoms with van der Waals surface area (Å²) in [5.41, 5.74) is -0.379. The monoisotopic (exact) mass is 442 g/mol. The van der Waals surface area contributed by atoms with E-state index in [-0.39, 0.29) is 24.2 Å². The van der Waals surface area contributed by atoms with Crippen molar-refractivity contribution in [3.63, 3.8) is 0 Å². The van der Waals surface area contributed by atoms with E-state index in [4.69, 9.17) is 9.05 Å². The van der Waals surface area contributed by atoms with E-state index in [1.807, 2.05) is 0 Å². The largest absolute Gasteiger partial charge is 0.416 e. The maximum Gasteiger partial charge on any atom is 0.416 e. The van der Waals surface area contributed by atoms with Crippen molar-refractivity contribution in [1.82, 2.24) is 0 Å². The Hall–Kier alpha value is -2.61. The summed E-state index contributed by atoms with van der Waals surface area (Å²) in [6.07, 6.45) is -3.49. The Bertz CT molecular complexity index is 923. The maximum atomic E-state index is 13.2. The number of carbonyl (C=O) groups excluding carboxylic acids is 1. The van der Waals surface area contributed by atoms with Crippen molar-refractivity contribution < 1.29 is 31.6 Å². The van der Waals surface area contributed by atoms with Crippen LogP contribution in [0.5, 0.6) is 0 Å². The topological polar surface area (TPSA) is 76.7 Å². The molecule has 0 heterocycles. The quantitative estimate of drug-likeness (QED) is 0.376. The van der Waals surface area contributed by atoms with Crippen molar-refractivity contribution in [2.75, 3.05) is 23.8 Å². The van der Waals surface area contributed by atoms with Crippen molar-refractivity contribution in [3.8, 4) is 0 Å². The van der Waals surface area contributed by atoms with Crippen LogP contribution in [0.4, 0.5) is 24.5 Å². The Morgan fingerprint density at radius 3 is 2.17 bits per heavy atom. The zero-order valence-corrected chi connectivity index (χ0v) is 17.3. The second-order valence-corrected chi connectivity index (χ2v) is 7.90. The minimum atomic E-state index is -4.53. The van der Waals surface area contributed by atoms with Gasteiger partial charge in [-0.3, -0.25) is 9.36 Å². The number of anilines is 2. The number of halogens is 3. The fourth-order valence-corrected chi connectivity index (χ4v) is 4.00. The standard InChI is InChI=1S/C20H22F3N2O4P/c1-3-28-30(27,29-4-2)18(19(26)25-16-10-6-5-7-11-16)14-24-17-12-8-9-15(13-17)20(21,22)23/h5-14,24H,3-4H2,1-2H3,(H,25,26)/b18-14+. The van der Waals surface area contributed by atoms with E-state index in [0.29, 0.717) is 5.69 Å². The summed E-state index contributed by atoms with van der Waals surface area (Å²) in [7, 11) is -4.04. The molecule has 2 N–H and O–H groups in total. The van der Waals surface area contributed by atoms with E-state index in [9.17, 15) is 22.5 Å². The van der Waals surface area contributed by atoms with E-state index >= 15 is 0 Å². The van der Waals surface area contributed by atoms with Gasteiger partial charge in [0.05, 0.1) is 18.8 Å². The Labute approximate surface area is 172 Å². The molecule has 1 amide bonds. The van der Waals surface area contributed by atoms with Crippen LogP contribution in [0.2, 0.25) is 0 Å². The van der Waals surface area contributed by atoms with Crippen LogP contribution in [0.25, 0.3) is 0 Å². The van der Waals surface area contributed by atoms with Gasteiger partial charge in [-0.1, -0.05) is 24.3 Å². The summed E-state index contributed by atoms with van der Waals surface area (Å²) in [6.45, 7) is 3.16. The maximum absolute atomic E-state index is 13.2. The van der Waals surface area contributed by atoms with Crippen LogP contribution < -0.4 is 10.6 Å². The molecule has 0 bridgehead atoms. The van der Waals surface area contributed by atoms with E-state index in [1.54, 1.807) is 44.2 Å². The number of hydrogen-bond donors (Lipinski definition) is 2. The normalized spacial score (nSPS) is 12.5. The Morgan fingerprint density at radius 2 is 1.60 bits per heavy atom. The molecule has 0 saturated carbocycles. The van der Waals surface area contributed by atoms with Crippen LogP contribution in [-0.4, -0.2) is 19.1 Å². The molecule has 2 rings (SSSR count). The number of nitrogens with one attached hydrogen (secondary N) is 2. The Kier molecular flexibility index (Phi) is 8.23. The fraction of sp³-hybridized carbons (Fsp3) is 0.250. The molecular formula is C20H22F3N2O4P. The van der Waals surface area contributed by atoms with Crippen LogP contribution in [0, 0.1) is 0 Å². The molecule has 10 heteroatoms. The highest BCUT2D eigenvalue weighted by molar-refractivity contribution is 7.60. The third-order valence-electron chi connectivity index (χ3n) is 3.72. The lowest BCUT2D eigenvalue weighted by atomic mass is 10.2. The predicted octanol–water partition coefficient (Wildman–Crippen LogP) is 5.86. The summed E-state index contributed by atoms with van der Waals surface area (Å²) in [5.74, 6) is -0.772. The summed E-state index contributed by atoms with van der Waals surface area (Å²) < 4.78 is 62.5. The summed E-state index contributed by atoms with van der Waals surface area (Å²) in [4.78, 5) is 12.8. The van der Waals surface area contributed by atoms with Crippen LogP contribution in [0.15, 0.2) is 66.1 Å². The first-order valence-corrected chi connectivity index (χ1v) is 10.6. The number of benzene rings is 2. The smallest absolute Gasteiger partial charge is 0.361 e. The highest BCUT2D eigenvalue weighted by Gasteiger charge is 2.35. The lowest BCUT2D eigenvalue weighted by Crippen LogP contribution is -2.18. The van der Waals surface area contributed by atoms with Gasteiger partial charge in [-0.05, 0) is 44.2 Å². The lowest BCUT2D eigenvalue weighted by molar-refractivity contribution is -0.137. The third kappa shape index (κ3) is 6.45. The van der Waals surface area contributed by atoms with Gasteiger partial charge in [-0.2, -0.15) is 13.2 Å². The molecule has 0 aliphatic heterocycles. The molecular weight excluding hydrogens is 420 g/mol. The van der Waals surface area contributed by atoms with E-state index < -0.39 is 25.2 Å². The Balaban J connectivity index is 2.39. The van der Waals surface area contributed by atoms with Crippen molar-refractivity contribution in [2.45, 2.75) is 20.0 Å². The Morgan fingerprint density at radius 1 is 1.00 bits per heavy atom. The van der Waals surface area contributed by atoms with Gasteiger partial charge in [0.15, 0.2) is 0 Å². The van der Waals surface area contributed by atoms with E-state index in [0.717, 1.165) is 18.3 Å². The molecule has 0 saturated heterocycles. The fourth-order valence-electron chi connectivity index (χ4n) is 2.44. The molecule has 0 atom stereocenters. The van der Waals surface area contributed by atoms with Crippen molar-refractivity contribution in [1.29, 1.82) is 0 Å². The van der Waals surface area contributed by atoms with Crippen LogP contribution >= 0.6 is 7.60 Å². The van der Waals surface area contributed by atoms with E-state index in [1.165, 1.54) is 12.1 Å². The minimum Gasteiger partial charge on any atom is -0.361 e. The van der Waals surface area contributed by atoms with Gasteiger partial charge in [0.1, 0.15) is 5.31 Å². The van der Waals surface area contributed by atoms with Gasteiger partial charge < -0.3 is 19.7 Å². The summed E-state index contributed by atoms with van der Waals surface area (Å²) in [6, 6.07) is 12.8. The first-order chi connectivity index (χ1) is 14.2. The SMILES string of the molecule is CCOP(=O)(OCC)/C(=C/Nc1cccc(C(F)(F)F)c1)C(=O)Nc1ccccc1. The first-order valence-electron chi connectivity index (χ1n) is 9.09. The van der Waals surface area contributed by atoms with Crippen LogP contribution in [0.3, 0.4) is 0 Å². The number of carbonyl (C=O) groups is 1. The molecule has 0 unspecified atom stereocenters. The molecule has 6 nitrogen and oxygen atoms in total. The predicted molar refractivity (Wildman–Crippen MR) is 109 cm³/mol.